The van der Waals surface area contributed by atoms with Crippen molar-refractivity contribution in [2.24, 2.45) is 5.73 Å². The predicted molar refractivity (Wildman–Crippen MR) is 66.6 cm³/mol. The molecule has 0 radical (unpaired) electrons. The van der Waals surface area contributed by atoms with Crippen molar-refractivity contribution in [3.63, 3.8) is 0 Å². The number of piperidine rings is 1. The first-order valence-corrected chi connectivity index (χ1v) is 5.95. The highest BCUT2D eigenvalue weighted by atomic mass is 35.5. The zero-order chi connectivity index (χ0) is 9.97. The number of nitrogens with zero attached hydrogens (tertiary/aromatic N) is 2. The van der Waals surface area contributed by atoms with E-state index in [9.17, 15) is 0 Å². The summed E-state index contributed by atoms with van der Waals surface area (Å²) in [5.41, 5.74) is 5.93. The summed E-state index contributed by atoms with van der Waals surface area (Å²) in [5.74, 6) is 0. The van der Waals surface area contributed by atoms with Gasteiger partial charge in [-0.25, -0.2) is 4.98 Å². The smallest absolute Gasteiger partial charge is 0.0897 e. The molecule has 2 N–H and O–H groups in total. The normalized spacial score (nSPS) is 22.4. The summed E-state index contributed by atoms with van der Waals surface area (Å²) in [7, 11) is 0. The van der Waals surface area contributed by atoms with Gasteiger partial charge in [-0.3, -0.25) is 4.90 Å². The Morgan fingerprint density at radius 1 is 1.67 bits per heavy atom. The standard InChI is InChI=1S/C10H17N3S.ClH/c1-8-12-5-10(14-8)7-13-4-2-3-9(11)6-13;/h5,9H,2-4,6-7,11H2,1H3;1H. The highest BCUT2D eigenvalue weighted by Crippen LogP contribution is 2.17. The fourth-order valence-electron chi connectivity index (χ4n) is 1.93. The Kier molecular flexibility index (Phi) is 4.99. The van der Waals surface area contributed by atoms with Crippen molar-refractivity contribution >= 4 is 23.7 Å². The molecule has 5 heteroatoms. The second kappa shape index (κ2) is 5.80. The molecule has 1 atom stereocenters. The molecule has 2 rings (SSSR count). The van der Waals surface area contributed by atoms with Gasteiger partial charge in [0.2, 0.25) is 0 Å². The molecule has 1 fully saturated rings. The Morgan fingerprint density at radius 3 is 3.07 bits per heavy atom. The Morgan fingerprint density at radius 2 is 2.47 bits per heavy atom. The van der Waals surface area contributed by atoms with Crippen LogP contribution in [0.4, 0.5) is 0 Å². The van der Waals surface area contributed by atoms with Gasteiger partial charge >= 0.3 is 0 Å². The molecule has 0 bridgehead atoms. The summed E-state index contributed by atoms with van der Waals surface area (Å²) in [6.45, 7) is 5.30. The third-order valence-electron chi connectivity index (χ3n) is 2.59. The monoisotopic (exact) mass is 247 g/mol. The van der Waals surface area contributed by atoms with Crippen molar-refractivity contribution in [2.75, 3.05) is 13.1 Å². The van der Waals surface area contributed by atoms with Gasteiger partial charge < -0.3 is 5.73 Å². The fraction of sp³-hybridized carbons (Fsp3) is 0.700. The molecule has 1 unspecified atom stereocenters. The van der Waals surface area contributed by atoms with Crippen molar-refractivity contribution in [3.8, 4) is 0 Å². The molecule has 1 aromatic heterocycles. The van der Waals surface area contributed by atoms with E-state index in [1.54, 1.807) is 11.3 Å². The molecule has 0 amide bonds. The van der Waals surface area contributed by atoms with Gasteiger partial charge in [0.05, 0.1) is 5.01 Å². The summed E-state index contributed by atoms with van der Waals surface area (Å²) >= 11 is 1.79. The molecule has 15 heavy (non-hydrogen) atoms. The maximum atomic E-state index is 5.93. The number of hydrogen-bond acceptors (Lipinski definition) is 4. The number of rotatable bonds is 2. The first-order chi connectivity index (χ1) is 6.74. The van der Waals surface area contributed by atoms with Crippen LogP contribution in [0.1, 0.15) is 22.7 Å². The minimum atomic E-state index is 0. The van der Waals surface area contributed by atoms with E-state index in [-0.39, 0.29) is 12.4 Å². The SMILES string of the molecule is Cc1ncc(CN2CCCC(N)C2)s1.Cl. The van der Waals surface area contributed by atoms with Crippen LogP contribution in [0.3, 0.4) is 0 Å². The summed E-state index contributed by atoms with van der Waals surface area (Å²) < 4.78 is 0. The molecule has 0 spiro atoms. The highest BCUT2D eigenvalue weighted by molar-refractivity contribution is 7.11. The summed E-state index contributed by atoms with van der Waals surface area (Å²) in [4.78, 5) is 8.05. The summed E-state index contributed by atoms with van der Waals surface area (Å²) in [6, 6.07) is 0.373. The molecule has 0 aliphatic carbocycles. The van der Waals surface area contributed by atoms with Crippen LogP contribution in [0, 0.1) is 6.92 Å². The van der Waals surface area contributed by atoms with E-state index in [2.05, 4.69) is 16.8 Å². The number of likely N-dealkylation sites (tertiary alicyclic amines) is 1. The lowest BCUT2D eigenvalue weighted by molar-refractivity contribution is 0.203. The lowest BCUT2D eigenvalue weighted by Crippen LogP contribution is -2.42. The quantitative estimate of drug-likeness (QED) is 0.867. The van der Waals surface area contributed by atoms with Crippen molar-refractivity contribution in [1.29, 1.82) is 0 Å². The van der Waals surface area contributed by atoms with E-state index < -0.39 is 0 Å². The third kappa shape index (κ3) is 3.72. The number of thiazole rings is 1. The maximum Gasteiger partial charge on any atom is 0.0897 e. The Bertz CT molecular complexity index is 303. The van der Waals surface area contributed by atoms with Crippen LogP contribution < -0.4 is 5.73 Å². The van der Waals surface area contributed by atoms with Crippen LogP contribution >= 0.6 is 23.7 Å². The molecule has 1 saturated heterocycles. The molecule has 3 nitrogen and oxygen atoms in total. The van der Waals surface area contributed by atoms with Gasteiger partial charge in [0.1, 0.15) is 0 Å². The first-order valence-electron chi connectivity index (χ1n) is 5.13. The van der Waals surface area contributed by atoms with E-state index in [0.29, 0.717) is 6.04 Å². The molecule has 2 heterocycles. The molecular formula is C10H18ClN3S. The lowest BCUT2D eigenvalue weighted by atomic mass is 10.1. The van der Waals surface area contributed by atoms with Gasteiger partial charge in [0.25, 0.3) is 0 Å². The molecule has 86 valence electrons. The summed E-state index contributed by atoms with van der Waals surface area (Å²) in [6.07, 6.45) is 4.40. The van der Waals surface area contributed by atoms with Crippen LogP contribution in [-0.2, 0) is 6.54 Å². The molecule has 0 saturated carbocycles. The van der Waals surface area contributed by atoms with Crippen LogP contribution in [0.15, 0.2) is 6.20 Å². The maximum absolute atomic E-state index is 5.93. The Balaban J connectivity index is 0.00000112. The number of aromatic nitrogens is 1. The van der Waals surface area contributed by atoms with Crippen LogP contribution in [0.2, 0.25) is 0 Å². The Labute approximate surface area is 101 Å². The third-order valence-corrected chi connectivity index (χ3v) is 3.49. The van der Waals surface area contributed by atoms with Gasteiger partial charge in [-0.2, -0.15) is 0 Å². The van der Waals surface area contributed by atoms with Gasteiger partial charge in [-0.05, 0) is 26.3 Å². The first kappa shape index (κ1) is 12.9. The van der Waals surface area contributed by atoms with Gasteiger partial charge in [0, 0.05) is 30.2 Å². The molecule has 1 aliphatic rings. The molecular weight excluding hydrogens is 230 g/mol. The van der Waals surface area contributed by atoms with E-state index in [0.717, 1.165) is 18.1 Å². The number of aryl methyl sites for hydroxylation is 1. The van der Waals surface area contributed by atoms with E-state index in [1.165, 1.54) is 24.3 Å². The van der Waals surface area contributed by atoms with Crippen molar-refractivity contribution in [3.05, 3.63) is 16.1 Å². The van der Waals surface area contributed by atoms with Crippen LogP contribution in [-0.4, -0.2) is 29.0 Å². The largest absolute Gasteiger partial charge is 0.327 e. The van der Waals surface area contributed by atoms with Crippen molar-refractivity contribution in [2.45, 2.75) is 32.4 Å². The molecule has 0 aromatic carbocycles. The second-order valence-corrected chi connectivity index (χ2v) is 5.30. The molecule has 1 aliphatic heterocycles. The van der Waals surface area contributed by atoms with Crippen LogP contribution in [0.25, 0.3) is 0 Å². The zero-order valence-corrected chi connectivity index (χ0v) is 10.6. The van der Waals surface area contributed by atoms with Gasteiger partial charge in [-0.1, -0.05) is 0 Å². The fourth-order valence-corrected chi connectivity index (χ4v) is 2.77. The average molecular weight is 248 g/mol. The number of halogens is 1. The second-order valence-electron chi connectivity index (χ2n) is 3.98. The number of hydrogen-bond donors (Lipinski definition) is 1. The highest BCUT2D eigenvalue weighted by Gasteiger charge is 2.16. The average Bonchev–Trinajstić information content (AvgIpc) is 2.51. The van der Waals surface area contributed by atoms with Crippen molar-refractivity contribution in [1.82, 2.24) is 9.88 Å². The van der Waals surface area contributed by atoms with Gasteiger partial charge in [0.15, 0.2) is 0 Å². The predicted octanol–water partition coefficient (Wildman–Crippen LogP) is 1.80. The van der Waals surface area contributed by atoms with Crippen LogP contribution in [0.5, 0.6) is 0 Å². The molecule has 1 aromatic rings. The van der Waals surface area contributed by atoms with E-state index >= 15 is 0 Å². The van der Waals surface area contributed by atoms with Gasteiger partial charge in [-0.15, -0.1) is 23.7 Å². The summed E-state index contributed by atoms with van der Waals surface area (Å²) in [5, 5.41) is 1.15. The minimum Gasteiger partial charge on any atom is -0.327 e. The number of nitrogens with two attached hydrogens (primary N) is 1. The van der Waals surface area contributed by atoms with E-state index in [1.807, 2.05) is 6.20 Å². The topological polar surface area (TPSA) is 42.2 Å². The zero-order valence-electron chi connectivity index (χ0n) is 8.98. The lowest BCUT2D eigenvalue weighted by Gasteiger charge is -2.29. The van der Waals surface area contributed by atoms with E-state index in [4.69, 9.17) is 5.73 Å². The minimum absolute atomic E-state index is 0. The Hall–Kier alpha value is -0.160. The van der Waals surface area contributed by atoms with Crippen molar-refractivity contribution < 1.29 is 0 Å².